The fourth-order valence-corrected chi connectivity index (χ4v) is 6.21. The molecule has 44 heavy (non-hydrogen) atoms. The SMILES string of the molecule is C[C@H](NC(=O)[C@H]1CCCO1)[C@H](Oc1ccc(C(=O)O[C@H]2CCCN(C(=O)[C@@H]3COC(=O)C3)C2)cc1)c1ccc(C2CC2)cc1.[HH]. The summed E-state index contributed by atoms with van der Waals surface area (Å²) in [5.74, 6) is -0.362. The van der Waals surface area contributed by atoms with Crippen molar-refractivity contribution in [3.8, 4) is 5.75 Å². The number of carbonyl (C=O) groups excluding carboxylic acids is 4. The Morgan fingerprint density at radius 1 is 1.00 bits per heavy atom. The summed E-state index contributed by atoms with van der Waals surface area (Å²) in [5.41, 5.74) is 2.64. The van der Waals surface area contributed by atoms with Gasteiger partial charge in [0.1, 0.15) is 30.7 Å². The number of ether oxygens (including phenoxy) is 4. The zero-order valence-corrected chi connectivity index (χ0v) is 25.1. The van der Waals surface area contributed by atoms with Gasteiger partial charge in [0.2, 0.25) is 11.8 Å². The highest BCUT2D eigenvalue weighted by atomic mass is 16.5. The van der Waals surface area contributed by atoms with Gasteiger partial charge in [-0.25, -0.2) is 4.79 Å². The Morgan fingerprint density at radius 2 is 1.77 bits per heavy atom. The molecule has 0 unspecified atom stereocenters. The lowest BCUT2D eigenvalue weighted by Crippen LogP contribution is -2.46. The van der Waals surface area contributed by atoms with Crippen molar-refractivity contribution in [2.24, 2.45) is 5.92 Å². The van der Waals surface area contributed by atoms with E-state index in [1.165, 1.54) is 18.4 Å². The Bertz CT molecular complexity index is 1360. The van der Waals surface area contributed by atoms with Gasteiger partial charge in [0, 0.05) is 14.6 Å². The summed E-state index contributed by atoms with van der Waals surface area (Å²) in [7, 11) is 0. The molecule has 0 bridgehead atoms. The minimum atomic E-state index is -0.473. The van der Waals surface area contributed by atoms with Crippen LogP contribution in [0.1, 0.15) is 86.8 Å². The Hall–Kier alpha value is -3.92. The van der Waals surface area contributed by atoms with Crippen LogP contribution < -0.4 is 10.1 Å². The zero-order valence-electron chi connectivity index (χ0n) is 25.1. The predicted molar refractivity (Wildman–Crippen MR) is 161 cm³/mol. The molecule has 0 aromatic heterocycles. The van der Waals surface area contributed by atoms with E-state index >= 15 is 0 Å². The van der Waals surface area contributed by atoms with Gasteiger partial charge in [0.05, 0.1) is 30.5 Å². The molecule has 1 saturated carbocycles. The molecular weight excluding hydrogens is 564 g/mol. The van der Waals surface area contributed by atoms with Crippen molar-refractivity contribution in [3.05, 3.63) is 65.2 Å². The van der Waals surface area contributed by atoms with E-state index in [0.717, 1.165) is 12.0 Å². The van der Waals surface area contributed by atoms with Gasteiger partial charge in [-0.2, -0.15) is 0 Å². The molecule has 236 valence electrons. The second-order valence-corrected chi connectivity index (χ2v) is 12.3. The molecule has 3 heterocycles. The first-order chi connectivity index (χ1) is 21.3. The minimum absolute atomic E-state index is 0. The smallest absolute Gasteiger partial charge is 0.338 e. The van der Waals surface area contributed by atoms with E-state index in [9.17, 15) is 19.2 Å². The van der Waals surface area contributed by atoms with Crippen LogP contribution in [0.3, 0.4) is 0 Å². The van der Waals surface area contributed by atoms with Gasteiger partial charge in [-0.15, -0.1) is 0 Å². The van der Waals surface area contributed by atoms with Gasteiger partial charge >= 0.3 is 11.9 Å². The molecule has 10 nitrogen and oxygen atoms in total. The third kappa shape index (κ3) is 7.23. The fraction of sp³-hybridized carbons (Fsp3) is 0.529. The van der Waals surface area contributed by atoms with Crippen molar-refractivity contribution in [1.82, 2.24) is 10.2 Å². The van der Waals surface area contributed by atoms with E-state index in [1.807, 2.05) is 6.92 Å². The topological polar surface area (TPSA) is 120 Å². The van der Waals surface area contributed by atoms with Gasteiger partial charge in [0.15, 0.2) is 0 Å². The molecule has 1 aliphatic carbocycles. The van der Waals surface area contributed by atoms with Gasteiger partial charge < -0.3 is 29.2 Å². The quantitative estimate of drug-likeness (QED) is 0.397. The number of likely N-dealkylation sites (tertiary alicyclic amines) is 1. The molecule has 3 aliphatic heterocycles. The molecule has 3 saturated heterocycles. The second-order valence-electron chi connectivity index (χ2n) is 12.3. The molecule has 5 atom stereocenters. The van der Waals surface area contributed by atoms with Crippen LogP contribution >= 0.6 is 0 Å². The molecule has 2 aromatic rings. The number of piperidine rings is 1. The summed E-state index contributed by atoms with van der Waals surface area (Å²) < 4.78 is 22.7. The van der Waals surface area contributed by atoms with Crippen LogP contribution in [0, 0.1) is 5.92 Å². The summed E-state index contributed by atoms with van der Waals surface area (Å²) in [4.78, 5) is 51.7. The number of benzene rings is 2. The number of carbonyl (C=O) groups is 4. The largest absolute Gasteiger partial charge is 0.484 e. The summed E-state index contributed by atoms with van der Waals surface area (Å²) in [6, 6.07) is 14.8. The zero-order chi connectivity index (χ0) is 30.6. The molecule has 6 rings (SSSR count). The second kappa shape index (κ2) is 13.4. The Kier molecular flexibility index (Phi) is 9.16. The maximum absolute atomic E-state index is 13.0. The van der Waals surface area contributed by atoms with Gasteiger partial charge in [-0.1, -0.05) is 24.3 Å². The molecule has 1 N–H and O–H groups in total. The van der Waals surface area contributed by atoms with Gasteiger partial charge in [-0.3, -0.25) is 14.4 Å². The molecule has 4 fully saturated rings. The van der Waals surface area contributed by atoms with Crippen molar-refractivity contribution in [2.45, 2.75) is 82.1 Å². The molecule has 0 spiro atoms. The maximum atomic E-state index is 13.0. The number of cyclic esters (lactones) is 1. The number of nitrogens with one attached hydrogen (secondary N) is 1. The van der Waals surface area contributed by atoms with E-state index in [-0.39, 0.29) is 38.3 Å². The average molecular weight is 607 g/mol. The van der Waals surface area contributed by atoms with Crippen molar-refractivity contribution >= 4 is 23.8 Å². The highest BCUT2D eigenvalue weighted by molar-refractivity contribution is 5.90. The fourth-order valence-electron chi connectivity index (χ4n) is 6.21. The van der Waals surface area contributed by atoms with Gasteiger partial charge in [0.25, 0.3) is 0 Å². The molecule has 2 aromatic carbocycles. The maximum Gasteiger partial charge on any atom is 0.338 e. The lowest BCUT2D eigenvalue weighted by molar-refractivity contribution is -0.139. The minimum Gasteiger partial charge on any atom is -0.484 e. The van der Waals surface area contributed by atoms with Crippen molar-refractivity contribution < 1.29 is 39.6 Å². The van der Waals surface area contributed by atoms with E-state index in [0.29, 0.717) is 56.2 Å². The number of esters is 2. The first-order valence-electron chi connectivity index (χ1n) is 15.8. The summed E-state index contributed by atoms with van der Waals surface area (Å²) in [5, 5.41) is 3.08. The Labute approximate surface area is 258 Å². The van der Waals surface area contributed by atoms with Crippen molar-refractivity contribution in [1.29, 1.82) is 0 Å². The number of nitrogens with zero attached hydrogens (tertiary/aromatic N) is 1. The Balaban J connectivity index is 0.00000400. The lowest BCUT2D eigenvalue weighted by Gasteiger charge is -2.33. The normalized spacial score (nSPS) is 24.7. The first-order valence-corrected chi connectivity index (χ1v) is 15.8. The summed E-state index contributed by atoms with van der Waals surface area (Å²) in [6.45, 7) is 3.50. The van der Waals surface area contributed by atoms with Crippen LogP contribution in [0.5, 0.6) is 5.75 Å². The van der Waals surface area contributed by atoms with Crippen LogP contribution in [-0.4, -0.2) is 73.2 Å². The Morgan fingerprint density at radius 3 is 2.43 bits per heavy atom. The van der Waals surface area contributed by atoms with Gasteiger partial charge in [-0.05, 0) is 86.8 Å². The van der Waals surface area contributed by atoms with Crippen LogP contribution in [0.25, 0.3) is 0 Å². The third-order valence-corrected chi connectivity index (χ3v) is 8.88. The van der Waals surface area contributed by atoms with E-state index in [4.69, 9.17) is 18.9 Å². The molecular formula is C34H42N2O8. The number of hydrogen-bond acceptors (Lipinski definition) is 8. The van der Waals surface area contributed by atoms with Crippen molar-refractivity contribution in [2.75, 3.05) is 26.3 Å². The van der Waals surface area contributed by atoms with E-state index < -0.39 is 30.2 Å². The highest BCUT2D eigenvalue weighted by Crippen LogP contribution is 2.40. The first kappa shape index (κ1) is 30.1. The lowest BCUT2D eigenvalue weighted by atomic mass is 10.00. The average Bonchev–Trinajstić information content (AvgIpc) is 3.55. The molecule has 4 aliphatic rings. The van der Waals surface area contributed by atoms with Crippen LogP contribution in [0.15, 0.2) is 48.5 Å². The number of hydrogen-bond donors (Lipinski definition) is 1. The van der Waals surface area contributed by atoms with Crippen LogP contribution in [-0.2, 0) is 28.6 Å². The van der Waals surface area contributed by atoms with Crippen LogP contribution in [0.2, 0.25) is 0 Å². The van der Waals surface area contributed by atoms with E-state index in [2.05, 4.69) is 29.6 Å². The number of amides is 2. The molecule has 10 heteroatoms. The predicted octanol–water partition coefficient (Wildman–Crippen LogP) is 4.32. The monoisotopic (exact) mass is 606 g/mol. The molecule has 0 radical (unpaired) electrons. The summed E-state index contributed by atoms with van der Waals surface area (Å²) >= 11 is 0. The van der Waals surface area contributed by atoms with Crippen LogP contribution in [0.4, 0.5) is 0 Å². The van der Waals surface area contributed by atoms with E-state index in [1.54, 1.807) is 29.2 Å². The highest BCUT2D eigenvalue weighted by Gasteiger charge is 2.36. The molecule has 2 amide bonds. The third-order valence-electron chi connectivity index (χ3n) is 8.88. The van der Waals surface area contributed by atoms with Crippen molar-refractivity contribution in [3.63, 3.8) is 0 Å². The summed E-state index contributed by atoms with van der Waals surface area (Å²) in [6.07, 6.45) is 4.17. The number of rotatable bonds is 10. The standard InChI is InChI=1S/C34H40N2O8.H2/c1-21(35-32(38)29-5-3-17-41-29)31(24-10-8-23(9-11-24)22-6-7-22)43-27-14-12-25(13-15-27)34(40)44-28-4-2-16-36(19-28)33(39)26-18-30(37)42-20-26;/h8-15,21-22,26,28-29,31H,2-7,16-20H2,1H3,(H,35,38);1H/t21-,26-,28-,29+,31-;/m0./s1.